The Kier molecular flexibility index (Phi) is 4.56. The van der Waals surface area contributed by atoms with Gasteiger partial charge in [-0.05, 0) is 11.6 Å². The van der Waals surface area contributed by atoms with Gasteiger partial charge in [0.15, 0.2) is 0 Å². The zero-order valence-electron chi connectivity index (χ0n) is 14.3. The van der Waals surface area contributed by atoms with E-state index in [1.807, 2.05) is 66.7 Å². The number of carboxylic acid groups (broad SMARTS) is 1. The van der Waals surface area contributed by atoms with Crippen LogP contribution in [0.3, 0.4) is 0 Å². The average Bonchev–Trinajstić information content (AvgIpc) is 3.13. The summed E-state index contributed by atoms with van der Waals surface area (Å²) in [5, 5.41) is 9.58. The fraction of sp³-hybridized carbons (Fsp3) is 0.0952. The van der Waals surface area contributed by atoms with Gasteiger partial charge in [0.2, 0.25) is 0 Å². The van der Waals surface area contributed by atoms with Crippen LogP contribution in [0, 0.1) is 0 Å². The molecule has 27 heavy (non-hydrogen) atoms. The monoisotopic (exact) mass is 376 g/mol. The van der Waals surface area contributed by atoms with Gasteiger partial charge in [-0.25, -0.2) is 4.98 Å². The quantitative estimate of drug-likeness (QED) is 0.565. The molecule has 6 heteroatoms. The van der Waals surface area contributed by atoms with E-state index in [2.05, 4.69) is 0 Å². The maximum absolute atomic E-state index is 13.1. The van der Waals surface area contributed by atoms with Crippen LogP contribution in [-0.4, -0.2) is 20.6 Å². The molecule has 0 radical (unpaired) electrons. The summed E-state index contributed by atoms with van der Waals surface area (Å²) in [6, 6.07) is 21.1. The molecule has 1 N–H and O–H groups in total. The maximum atomic E-state index is 13.1. The lowest BCUT2D eigenvalue weighted by Crippen LogP contribution is -2.24. The Morgan fingerprint density at radius 3 is 2.26 bits per heavy atom. The van der Waals surface area contributed by atoms with Crippen molar-refractivity contribution in [1.29, 1.82) is 0 Å². The Morgan fingerprint density at radius 2 is 1.63 bits per heavy atom. The lowest BCUT2D eigenvalue weighted by atomic mass is 10.1. The van der Waals surface area contributed by atoms with Crippen molar-refractivity contribution in [3.05, 3.63) is 77.1 Å². The number of carboxylic acids is 1. The molecule has 0 fully saturated rings. The summed E-state index contributed by atoms with van der Waals surface area (Å²) >= 11 is 1.47. The molecular weight excluding hydrogens is 360 g/mol. The van der Waals surface area contributed by atoms with Crippen LogP contribution < -0.4 is 5.56 Å². The summed E-state index contributed by atoms with van der Waals surface area (Å²) in [6.07, 6.45) is -0.136. The number of fused-ring (bicyclic) bond motifs is 1. The molecule has 0 unspecified atom stereocenters. The number of nitrogens with zero attached hydrogens (tertiary/aromatic N) is 2. The summed E-state index contributed by atoms with van der Waals surface area (Å²) < 4.78 is 1.47. The van der Waals surface area contributed by atoms with Crippen LogP contribution in [-0.2, 0) is 11.3 Å². The van der Waals surface area contributed by atoms with Gasteiger partial charge in [0.05, 0.1) is 11.8 Å². The Labute approximate surface area is 159 Å². The van der Waals surface area contributed by atoms with Gasteiger partial charge < -0.3 is 5.11 Å². The van der Waals surface area contributed by atoms with Crippen molar-refractivity contribution < 1.29 is 9.90 Å². The molecule has 0 bridgehead atoms. The van der Waals surface area contributed by atoms with Gasteiger partial charge >= 0.3 is 5.97 Å². The van der Waals surface area contributed by atoms with Gasteiger partial charge in [-0.2, -0.15) is 0 Å². The highest BCUT2D eigenvalue weighted by molar-refractivity contribution is 7.21. The van der Waals surface area contributed by atoms with Crippen molar-refractivity contribution in [3.8, 4) is 21.8 Å². The first-order valence-electron chi connectivity index (χ1n) is 8.50. The first kappa shape index (κ1) is 17.2. The molecule has 134 valence electrons. The molecule has 0 atom stereocenters. The Balaban J connectivity index is 1.93. The number of benzene rings is 2. The second-order valence-electron chi connectivity index (χ2n) is 6.10. The first-order chi connectivity index (χ1) is 13.1. The summed E-state index contributed by atoms with van der Waals surface area (Å²) in [5.74, 6) is -0.452. The van der Waals surface area contributed by atoms with Gasteiger partial charge in [0.1, 0.15) is 10.7 Å². The molecular formula is C21H16N2O3S. The van der Waals surface area contributed by atoms with Gasteiger partial charge in [-0.15, -0.1) is 11.3 Å². The van der Waals surface area contributed by atoms with E-state index in [9.17, 15) is 9.59 Å². The van der Waals surface area contributed by atoms with Crippen molar-refractivity contribution >= 4 is 27.5 Å². The minimum atomic E-state index is -0.948. The summed E-state index contributed by atoms with van der Waals surface area (Å²) in [4.78, 5) is 30.5. The molecule has 0 saturated carbocycles. The molecule has 0 amide bonds. The molecule has 5 nitrogen and oxygen atoms in total. The lowest BCUT2D eigenvalue weighted by Gasteiger charge is -2.11. The topological polar surface area (TPSA) is 72.2 Å². The Bertz CT molecular complexity index is 1160. The Hall–Kier alpha value is -3.25. The highest BCUT2D eigenvalue weighted by Crippen LogP contribution is 2.32. The predicted molar refractivity (Wildman–Crippen MR) is 107 cm³/mol. The highest BCUT2D eigenvalue weighted by atomic mass is 32.1. The van der Waals surface area contributed by atoms with E-state index in [1.54, 1.807) is 0 Å². The van der Waals surface area contributed by atoms with E-state index >= 15 is 0 Å². The molecule has 4 rings (SSSR count). The summed E-state index contributed by atoms with van der Waals surface area (Å²) in [6.45, 7) is 0.0812. The third-order valence-electron chi connectivity index (χ3n) is 4.29. The van der Waals surface area contributed by atoms with Crippen LogP contribution in [0.1, 0.15) is 6.42 Å². The van der Waals surface area contributed by atoms with Crippen LogP contribution in [0.5, 0.6) is 0 Å². The van der Waals surface area contributed by atoms with E-state index in [4.69, 9.17) is 10.1 Å². The minimum absolute atomic E-state index is 0.0812. The van der Waals surface area contributed by atoms with Crippen molar-refractivity contribution in [2.75, 3.05) is 0 Å². The van der Waals surface area contributed by atoms with Crippen molar-refractivity contribution in [3.63, 3.8) is 0 Å². The third-order valence-corrected chi connectivity index (χ3v) is 5.37. The maximum Gasteiger partial charge on any atom is 0.305 e. The van der Waals surface area contributed by atoms with Crippen LogP contribution in [0.15, 0.2) is 71.5 Å². The second kappa shape index (κ2) is 7.17. The van der Waals surface area contributed by atoms with E-state index in [0.717, 1.165) is 16.0 Å². The molecule has 0 spiro atoms. The van der Waals surface area contributed by atoms with Crippen molar-refractivity contribution in [2.45, 2.75) is 13.0 Å². The largest absolute Gasteiger partial charge is 0.481 e. The number of carbonyl (C=O) groups is 1. The predicted octanol–water partition coefficient (Wildman–Crippen LogP) is 4.27. The first-order valence-corrected chi connectivity index (χ1v) is 9.32. The molecule has 0 aliphatic carbocycles. The lowest BCUT2D eigenvalue weighted by molar-refractivity contribution is -0.137. The number of rotatable bonds is 5. The highest BCUT2D eigenvalue weighted by Gasteiger charge is 2.16. The number of hydrogen-bond donors (Lipinski definition) is 1. The van der Waals surface area contributed by atoms with E-state index in [-0.39, 0.29) is 18.5 Å². The summed E-state index contributed by atoms with van der Waals surface area (Å²) in [5.41, 5.74) is 1.60. The standard InChI is InChI=1S/C21H16N2O3S/c24-18(25)11-12-23-19(15-9-5-2-6-10-15)22-20-16(21(23)26)13-17(27-20)14-7-3-1-4-8-14/h1-10,13H,11-12H2,(H,24,25). The Morgan fingerprint density at radius 1 is 1.00 bits per heavy atom. The molecule has 2 heterocycles. The third kappa shape index (κ3) is 3.39. The van der Waals surface area contributed by atoms with Gasteiger partial charge in [-0.1, -0.05) is 60.7 Å². The molecule has 4 aromatic rings. The number of thiophene rings is 1. The zero-order chi connectivity index (χ0) is 18.8. The van der Waals surface area contributed by atoms with Gasteiger partial charge in [0.25, 0.3) is 5.56 Å². The molecule has 0 aliphatic heterocycles. The smallest absolute Gasteiger partial charge is 0.305 e. The van der Waals surface area contributed by atoms with Gasteiger partial charge in [-0.3, -0.25) is 14.2 Å². The fourth-order valence-electron chi connectivity index (χ4n) is 2.98. The van der Waals surface area contributed by atoms with E-state index in [1.165, 1.54) is 15.9 Å². The van der Waals surface area contributed by atoms with Crippen LogP contribution in [0.2, 0.25) is 0 Å². The van der Waals surface area contributed by atoms with Gasteiger partial charge in [0, 0.05) is 17.0 Å². The number of aromatic nitrogens is 2. The molecule has 0 aliphatic rings. The van der Waals surface area contributed by atoms with Crippen LogP contribution >= 0.6 is 11.3 Å². The fourth-order valence-corrected chi connectivity index (χ4v) is 4.01. The van der Waals surface area contributed by atoms with Crippen LogP contribution in [0.4, 0.5) is 0 Å². The van der Waals surface area contributed by atoms with E-state index < -0.39 is 5.97 Å². The second-order valence-corrected chi connectivity index (χ2v) is 7.13. The van der Waals surface area contributed by atoms with Crippen molar-refractivity contribution in [2.24, 2.45) is 0 Å². The number of aliphatic carboxylic acids is 1. The average molecular weight is 376 g/mol. The minimum Gasteiger partial charge on any atom is -0.481 e. The van der Waals surface area contributed by atoms with Crippen molar-refractivity contribution in [1.82, 2.24) is 9.55 Å². The molecule has 2 aromatic heterocycles. The summed E-state index contributed by atoms with van der Waals surface area (Å²) in [7, 11) is 0. The molecule has 0 saturated heterocycles. The molecule has 2 aromatic carbocycles. The van der Waals surface area contributed by atoms with E-state index in [0.29, 0.717) is 16.0 Å². The van der Waals surface area contributed by atoms with Crippen LogP contribution in [0.25, 0.3) is 32.0 Å². The SMILES string of the molecule is O=C(O)CCn1c(-c2ccccc2)nc2sc(-c3ccccc3)cc2c1=O. The normalized spacial score (nSPS) is 11.0. The zero-order valence-corrected chi connectivity index (χ0v) is 15.1. The number of hydrogen-bond acceptors (Lipinski definition) is 4.